The van der Waals surface area contributed by atoms with Crippen LogP contribution in [0, 0.1) is 0 Å². The minimum absolute atomic E-state index is 0.666. The first-order chi connectivity index (χ1) is 12.8. The Labute approximate surface area is 150 Å². The van der Waals surface area contributed by atoms with Crippen molar-refractivity contribution in [3.63, 3.8) is 0 Å². The molecule has 1 aliphatic heterocycles. The SMILES string of the molecule is c1cc2ccc(CNc3cnc4ccc(N5CCNC5)nc4n3)cc2[nH]1. The quantitative estimate of drug-likeness (QED) is 0.527. The molecule has 0 spiro atoms. The molecule has 1 aliphatic rings. The highest BCUT2D eigenvalue weighted by Crippen LogP contribution is 2.18. The highest BCUT2D eigenvalue weighted by Gasteiger charge is 2.13. The Morgan fingerprint density at radius 1 is 1.12 bits per heavy atom. The summed E-state index contributed by atoms with van der Waals surface area (Å²) in [4.78, 5) is 19.2. The average Bonchev–Trinajstić information content (AvgIpc) is 3.37. The van der Waals surface area contributed by atoms with E-state index in [2.05, 4.69) is 59.7 Å². The standard InChI is InChI=1S/C19H19N7/c1-2-14-5-6-21-16(14)9-13(1)10-23-17-11-22-15-3-4-18(25-19(15)24-17)26-8-7-20-12-26/h1-6,9,11,20-21H,7-8,10,12H2,(H,23,24,25). The predicted octanol–water partition coefficient (Wildman–Crippen LogP) is 2.49. The van der Waals surface area contributed by atoms with Gasteiger partial charge in [0.15, 0.2) is 5.65 Å². The van der Waals surface area contributed by atoms with Crippen LogP contribution in [0.15, 0.2) is 48.8 Å². The van der Waals surface area contributed by atoms with Crippen LogP contribution in [-0.2, 0) is 6.54 Å². The zero-order valence-electron chi connectivity index (χ0n) is 14.2. The zero-order valence-corrected chi connectivity index (χ0v) is 14.2. The number of aromatic amines is 1. The van der Waals surface area contributed by atoms with Crippen molar-refractivity contribution in [2.24, 2.45) is 0 Å². The lowest BCUT2D eigenvalue weighted by atomic mass is 10.1. The van der Waals surface area contributed by atoms with E-state index in [0.29, 0.717) is 12.2 Å². The Balaban J connectivity index is 1.37. The number of hydrogen-bond acceptors (Lipinski definition) is 6. The summed E-state index contributed by atoms with van der Waals surface area (Å²) in [5.41, 5.74) is 3.80. The van der Waals surface area contributed by atoms with Crippen LogP contribution in [0.3, 0.4) is 0 Å². The van der Waals surface area contributed by atoms with Crippen LogP contribution in [0.25, 0.3) is 22.1 Å². The van der Waals surface area contributed by atoms with Gasteiger partial charge in [-0.25, -0.2) is 15.0 Å². The van der Waals surface area contributed by atoms with Crippen molar-refractivity contribution in [3.05, 3.63) is 54.4 Å². The van der Waals surface area contributed by atoms with Crippen molar-refractivity contribution >= 4 is 33.7 Å². The minimum Gasteiger partial charge on any atom is -0.365 e. The van der Waals surface area contributed by atoms with Crippen molar-refractivity contribution in [2.75, 3.05) is 30.0 Å². The fraction of sp³-hybridized carbons (Fsp3) is 0.211. The molecule has 5 rings (SSSR count). The third kappa shape index (κ3) is 2.82. The molecule has 0 unspecified atom stereocenters. The number of nitrogens with zero attached hydrogens (tertiary/aromatic N) is 4. The molecule has 0 amide bonds. The van der Waals surface area contributed by atoms with Gasteiger partial charge in [-0.05, 0) is 35.2 Å². The second-order valence-corrected chi connectivity index (χ2v) is 6.44. The maximum atomic E-state index is 4.67. The van der Waals surface area contributed by atoms with Crippen LogP contribution in [0.4, 0.5) is 11.6 Å². The van der Waals surface area contributed by atoms with Gasteiger partial charge in [0.05, 0.1) is 12.9 Å². The Kier molecular flexibility index (Phi) is 3.64. The number of hydrogen-bond donors (Lipinski definition) is 3. The Morgan fingerprint density at radius 3 is 3.04 bits per heavy atom. The van der Waals surface area contributed by atoms with Gasteiger partial charge >= 0.3 is 0 Å². The molecule has 0 bridgehead atoms. The molecule has 3 N–H and O–H groups in total. The normalized spacial score (nSPS) is 14.4. The van der Waals surface area contributed by atoms with Crippen molar-refractivity contribution in [1.82, 2.24) is 25.3 Å². The molecule has 0 aliphatic carbocycles. The van der Waals surface area contributed by atoms with E-state index in [0.717, 1.165) is 42.4 Å². The van der Waals surface area contributed by atoms with Crippen LogP contribution < -0.4 is 15.5 Å². The molecule has 1 aromatic carbocycles. The largest absolute Gasteiger partial charge is 0.365 e. The molecule has 7 nitrogen and oxygen atoms in total. The van der Waals surface area contributed by atoms with Crippen molar-refractivity contribution < 1.29 is 0 Å². The molecular formula is C19H19N7. The van der Waals surface area contributed by atoms with Crippen LogP contribution >= 0.6 is 0 Å². The van der Waals surface area contributed by atoms with Crippen molar-refractivity contribution in [3.8, 4) is 0 Å². The smallest absolute Gasteiger partial charge is 0.182 e. The molecule has 0 radical (unpaired) electrons. The van der Waals surface area contributed by atoms with E-state index in [1.165, 1.54) is 10.9 Å². The molecule has 4 heterocycles. The number of benzene rings is 1. The first-order valence-electron chi connectivity index (χ1n) is 8.74. The van der Waals surface area contributed by atoms with Gasteiger partial charge in [0.1, 0.15) is 17.2 Å². The number of nitrogens with one attached hydrogen (secondary N) is 3. The second-order valence-electron chi connectivity index (χ2n) is 6.44. The van der Waals surface area contributed by atoms with E-state index in [1.807, 2.05) is 18.3 Å². The summed E-state index contributed by atoms with van der Waals surface area (Å²) in [6.45, 7) is 3.46. The maximum Gasteiger partial charge on any atom is 0.182 e. The second kappa shape index (κ2) is 6.27. The lowest BCUT2D eigenvalue weighted by Crippen LogP contribution is -2.22. The maximum absolute atomic E-state index is 4.67. The van der Waals surface area contributed by atoms with Gasteiger partial charge < -0.3 is 15.2 Å². The van der Waals surface area contributed by atoms with Crippen molar-refractivity contribution in [1.29, 1.82) is 0 Å². The first kappa shape index (κ1) is 15.1. The molecule has 7 heteroatoms. The highest BCUT2D eigenvalue weighted by atomic mass is 15.3. The molecule has 1 fully saturated rings. The van der Waals surface area contributed by atoms with Gasteiger partial charge in [0.2, 0.25) is 0 Å². The summed E-state index contributed by atoms with van der Waals surface area (Å²) >= 11 is 0. The lowest BCUT2D eigenvalue weighted by Gasteiger charge is -2.15. The molecule has 130 valence electrons. The Morgan fingerprint density at radius 2 is 2.12 bits per heavy atom. The molecule has 4 aromatic rings. The molecular weight excluding hydrogens is 326 g/mol. The molecule has 3 aromatic heterocycles. The predicted molar refractivity (Wildman–Crippen MR) is 103 cm³/mol. The number of aromatic nitrogens is 4. The third-order valence-electron chi connectivity index (χ3n) is 4.67. The summed E-state index contributed by atoms with van der Waals surface area (Å²) in [5.74, 6) is 1.67. The number of pyridine rings is 1. The highest BCUT2D eigenvalue weighted by molar-refractivity contribution is 5.80. The van der Waals surface area contributed by atoms with Gasteiger partial charge in [0, 0.05) is 31.3 Å². The van der Waals surface area contributed by atoms with E-state index < -0.39 is 0 Å². The zero-order chi connectivity index (χ0) is 17.3. The van der Waals surface area contributed by atoms with Crippen LogP contribution in [0.2, 0.25) is 0 Å². The first-order valence-corrected chi connectivity index (χ1v) is 8.74. The average molecular weight is 345 g/mol. The van der Waals surface area contributed by atoms with E-state index >= 15 is 0 Å². The van der Waals surface area contributed by atoms with Crippen LogP contribution in [-0.4, -0.2) is 39.7 Å². The fourth-order valence-corrected chi connectivity index (χ4v) is 3.25. The van der Waals surface area contributed by atoms with E-state index in [1.54, 1.807) is 6.20 Å². The topological polar surface area (TPSA) is 81.8 Å². The van der Waals surface area contributed by atoms with E-state index in [9.17, 15) is 0 Å². The number of H-pyrrole nitrogens is 1. The van der Waals surface area contributed by atoms with E-state index in [4.69, 9.17) is 0 Å². The summed E-state index contributed by atoms with van der Waals surface area (Å²) < 4.78 is 0. The molecule has 0 saturated carbocycles. The monoisotopic (exact) mass is 345 g/mol. The van der Waals surface area contributed by atoms with Crippen LogP contribution in [0.5, 0.6) is 0 Å². The van der Waals surface area contributed by atoms with Crippen molar-refractivity contribution in [2.45, 2.75) is 6.54 Å². The molecule has 1 saturated heterocycles. The summed E-state index contributed by atoms with van der Waals surface area (Å²) in [6.07, 6.45) is 3.71. The Hall–Kier alpha value is -3.19. The van der Waals surface area contributed by atoms with Gasteiger partial charge in [0.25, 0.3) is 0 Å². The summed E-state index contributed by atoms with van der Waals surface area (Å²) in [7, 11) is 0. The van der Waals surface area contributed by atoms with Gasteiger partial charge in [-0.15, -0.1) is 0 Å². The number of rotatable bonds is 4. The molecule has 0 atom stereocenters. The fourth-order valence-electron chi connectivity index (χ4n) is 3.25. The van der Waals surface area contributed by atoms with Gasteiger partial charge in [-0.2, -0.15) is 0 Å². The van der Waals surface area contributed by atoms with E-state index in [-0.39, 0.29) is 0 Å². The number of fused-ring (bicyclic) bond motifs is 2. The Bertz CT molecular complexity index is 1070. The summed E-state index contributed by atoms with van der Waals surface area (Å²) in [6, 6.07) is 12.4. The third-order valence-corrected chi connectivity index (χ3v) is 4.67. The van der Waals surface area contributed by atoms with Gasteiger partial charge in [-0.1, -0.05) is 12.1 Å². The lowest BCUT2D eigenvalue weighted by molar-refractivity contribution is 0.850. The molecule has 26 heavy (non-hydrogen) atoms. The van der Waals surface area contributed by atoms with Gasteiger partial charge in [-0.3, -0.25) is 5.32 Å². The van der Waals surface area contributed by atoms with Crippen LogP contribution in [0.1, 0.15) is 5.56 Å². The number of anilines is 2. The minimum atomic E-state index is 0.666. The summed E-state index contributed by atoms with van der Waals surface area (Å²) in [5, 5.41) is 7.88.